The smallest absolute Gasteiger partial charge is 0.139 e. The van der Waals surface area contributed by atoms with Gasteiger partial charge in [0.05, 0.1) is 5.69 Å². The van der Waals surface area contributed by atoms with Crippen LogP contribution < -0.4 is 0 Å². The lowest BCUT2D eigenvalue weighted by atomic mass is 10.2. The number of hydrogen-bond acceptors (Lipinski definition) is 2. The number of pyridine rings is 1. The van der Waals surface area contributed by atoms with Gasteiger partial charge in [0.15, 0.2) is 0 Å². The van der Waals surface area contributed by atoms with E-state index in [1.165, 1.54) is 19.2 Å². The molecule has 0 aromatic carbocycles. The molecule has 0 radical (unpaired) electrons. The second-order valence-corrected chi connectivity index (χ2v) is 3.22. The van der Waals surface area contributed by atoms with Gasteiger partial charge in [0, 0.05) is 18.8 Å². The fraction of sp³-hybridized carbons (Fsp3) is 0.200. The third kappa shape index (κ3) is 1.64. The minimum Gasteiger partial charge on any atom is -0.304 e. The zero-order valence-electron chi connectivity index (χ0n) is 7.70. The van der Waals surface area contributed by atoms with Crippen LogP contribution in [-0.4, -0.2) is 15.2 Å². The van der Waals surface area contributed by atoms with E-state index >= 15 is 0 Å². The zero-order chi connectivity index (χ0) is 10.1. The van der Waals surface area contributed by atoms with Gasteiger partial charge in [0.25, 0.3) is 0 Å². The van der Waals surface area contributed by atoms with Crippen molar-refractivity contribution in [3.05, 3.63) is 36.0 Å². The molecule has 14 heavy (non-hydrogen) atoms. The van der Waals surface area contributed by atoms with Gasteiger partial charge in [-0.15, -0.1) is 0 Å². The van der Waals surface area contributed by atoms with E-state index in [0.29, 0.717) is 17.8 Å². The highest BCUT2D eigenvalue weighted by Gasteiger charge is 2.04. The van der Waals surface area contributed by atoms with Crippen LogP contribution in [0, 0.1) is 5.82 Å². The van der Waals surface area contributed by atoms with E-state index in [0.717, 1.165) is 0 Å². The fourth-order valence-electron chi connectivity index (χ4n) is 1.36. The van der Waals surface area contributed by atoms with E-state index in [2.05, 4.69) is 4.98 Å². The third-order valence-corrected chi connectivity index (χ3v) is 1.89. The first kappa shape index (κ1) is 8.87. The molecule has 0 saturated carbocycles. The van der Waals surface area contributed by atoms with Crippen molar-refractivity contribution in [2.24, 2.45) is 0 Å². The summed E-state index contributed by atoms with van der Waals surface area (Å²) >= 11 is 0. The molecular weight excluding hydrogens is 183 g/mol. The molecule has 72 valence electrons. The van der Waals surface area contributed by atoms with Crippen LogP contribution in [0.2, 0.25) is 0 Å². The maximum absolute atomic E-state index is 12.8. The molecule has 2 aromatic heterocycles. The zero-order valence-corrected chi connectivity index (χ0v) is 7.70. The molecule has 0 amide bonds. The number of fused-ring (bicyclic) bond motifs is 1. The number of imidazole rings is 1. The summed E-state index contributed by atoms with van der Waals surface area (Å²) in [5, 5.41) is 0. The van der Waals surface area contributed by atoms with Gasteiger partial charge in [-0.05, 0) is 19.1 Å². The maximum Gasteiger partial charge on any atom is 0.139 e. The average Bonchev–Trinajstić information content (AvgIpc) is 2.44. The molecular formula is C10H9FN2O. The van der Waals surface area contributed by atoms with Crippen LogP contribution in [0.5, 0.6) is 0 Å². The molecule has 2 rings (SSSR count). The molecule has 4 heteroatoms. The number of nitrogens with zero attached hydrogens (tertiary/aromatic N) is 2. The lowest BCUT2D eigenvalue weighted by Crippen LogP contribution is -1.95. The first-order chi connectivity index (χ1) is 6.65. The van der Waals surface area contributed by atoms with Gasteiger partial charge >= 0.3 is 0 Å². The molecule has 0 fully saturated rings. The average molecular weight is 192 g/mol. The minimum atomic E-state index is -0.315. The van der Waals surface area contributed by atoms with Gasteiger partial charge in [-0.3, -0.25) is 4.79 Å². The Labute approximate surface area is 80.2 Å². The number of aromatic nitrogens is 2. The van der Waals surface area contributed by atoms with Crippen molar-refractivity contribution < 1.29 is 9.18 Å². The monoisotopic (exact) mass is 192 g/mol. The SMILES string of the molecule is CC(=O)Cc1cn2cc(F)ccc2n1. The topological polar surface area (TPSA) is 34.4 Å². The number of halogens is 1. The van der Waals surface area contributed by atoms with Gasteiger partial charge in [-0.2, -0.15) is 0 Å². The van der Waals surface area contributed by atoms with Crippen molar-refractivity contribution in [2.75, 3.05) is 0 Å². The molecule has 0 N–H and O–H groups in total. The summed E-state index contributed by atoms with van der Waals surface area (Å²) in [5.41, 5.74) is 1.32. The van der Waals surface area contributed by atoms with Crippen molar-refractivity contribution in [3.63, 3.8) is 0 Å². The van der Waals surface area contributed by atoms with E-state index < -0.39 is 0 Å². The Kier molecular flexibility index (Phi) is 2.04. The predicted octanol–water partition coefficient (Wildman–Crippen LogP) is 1.60. The molecule has 0 aliphatic carbocycles. The Hall–Kier alpha value is -1.71. The Bertz CT molecular complexity index is 490. The molecule has 3 nitrogen and oxygen atoms in total. The van der Waals surface area contributed by atoms with E-state index in [1.807, 2.05) is 0 Å². The largest absolute Gasteiger partial charge is 0.304 e. The van der Waals surface area contributed by atoms with Gasteiger partial charge in [0.2, 0.25) is 0 Å². The van der Waals surface area contributed by atoms with Crippen LogP contribution in [0.25, 0.3) is 5.65 Å². The van der Waals surface area contributed by atoms with Crippen LogP contribution in [-0.2, 0) is 11.2 Å². The number of Topliss-reactive ketones (excluding diaryl/α,β-unsaturated/α-hetero) is 1. The first-order valence-corrected chi connectivity index (χ1v) is 4.28. The molecule has 0 saturated heterocycles. The van der Waals surface area contributed by atoms with E-state index in [-0.39, 0.29) is 11.6 Å². The Balaban J connectivity index is 2.46. The second-order valence-electron chi connectivity index (χ2n) is 3.22. The summed E-state index contributed by atoms with van der Waals surface area (Å²) in [5.74, 6) is -0.266. The van der Waals surface area contributed by atoms with Gasteiger partial charge in [0.1, 0.15) is 17.2 Å². The Morgan fingerprint density at radius 1 is 1.50 bits per heavy atom. The summed E-state index contributed by atoms with van der Waals surface area (Å²) in [4.78, 5) is 15.0. The molecule has 0 bridgehead atoms. The van der Waals surface area contributed by atoms with Crippen molar-refractivity contribution in [1.82, 2.24) is 9.38 Å². The van der Waals surface area contributed by atoms with Crippen molar-refractivity contribution >= 4 is 11.4 Å². The molecule has 2 aromatic rings. The summed E-state index contributed by atoms with van der Waals surface area (Å²) in [6, 6.07) is 2.93. The first-order valence-electron chi connectivity index (χ1n) is 4.28. The van der Waals surface area contributed by atoms with Crippen LogP contribution in [0.15, 0.2) is 24.5 Å². The Morgan fingerprint density at radius 2 is 2.29 bits per heavy atom. The number of carbonyl (C=O) groups excluding carboxylic acids is 1. The van der Waals surface area contributed by atoms with Crippen molar-refractivity contribution in [1.29, 1.82) is 0 Å². The number of ketones is 1. The highest BCUT2D eigenvalue weighted by molar-refractivity contribution is 5.77. The lowest BCUT2D eigenvalue weighted by molar-refractivity contribution is -0.116. The van der Waals surface area contributed by atoms with Gasteiger partial charge in [-0.25, -0.2) is 9.37 Å². The molecule has 0 unspecified atom stereocenters. The summed E-state index contributed by atoms with van der Waals surface area (Å²) in [6.45, 7) is 1.50. The fourth-order valence-corrected chi connectivity index (χ4v) is 1.36. The van der Waals surface area contributed by atoms with E-state index in [4.69, 9.17) is 0 Å². The summed E-state index contributed by atoms with van der Waals surface area (Å²) < 4.78 is 14.4. The standard InChI is InChI=1S/C10H9FN2O/c1-7(14)4-9-6-13-5-8(11)2-3-10(13)12-9/h2-3,5-6H,4H2,1H3. The lowest BCUT2D eigenvalue weighted by Gasteiger charge is -1.90. The second kappa shape index (κ2) is 3.21. The van der Waals surface area contributed by atoms with Crippen LogP contribution in [0.1, 0.15) is 12.6 Å². The van der Waals surface area contributed by atoms with Crippen molar-refractivity contribution in [3.8, 4) is 0 Å². The molecule has 0 atom stereocenters. The van der Waals surface area contributed by atoms with E-state index in [1.54, 1.807) is 16.7 Å². The molecule has 0 spiro atoms. The molecule has 0 aliphatic rings. The minimum absolute atomic E-state index is 0.0499. The number of rotatable bonds is 2. The molecule has 0 aliphatic heterocycles. The highest BCUT2D eigenvalue weighted by Crippen LogP contribution is 2.07. The van der Waals surface area contributed by atoms with Gasteiger partial charge in [-0.1, -0.05) is 0 Å². The third-order valence-electron chi connectivity index (χ3n) is 1.89. The summed E-state index contributed by atoms with van der Waals surface area (Å²) in [7, 11) is 0. The highest BCUT2D eigenvalue weighted by atomic mass is 19.1. The van der Waals surface area contributed by atoms with Crippen LogP contribution in [0.4, 0.5) is 4.39 Å². The van der Waals surface area contributed by atoms with E-state index in [9.17, 15) is 9.18 Å². The maximum atomic E-state index is 12.8. The van der Waals surface area contributed by atoms with Crippen LogP contribution in [0.3, 0.4) is 0 Å². The normalized spacial score (nSPS) is 10.7. The number of carbonyl (C=O) groups is 1. The predicted molar refractivity (Wildman–Crippen MR) is 49.5 cm³/mol. The van der Waals surface area contributed by atoms with Crippen LogP contribution >= 0.6 is 0 Å². The van der Waals surface area contributed by atoms with Crippen molar-refractivity contribution in [2.45, 2.75) is 13.3 Å². The molecule has 2 heterocycles. The number of hydrogen-bond donors (Lipinski definition) is 0. The quantitative estimate of drug-likeness (QED) is 0.724. The summed E-state index contributed by atoms with van der Waals surface area (Å²) in [6.07, 6.45) is 3.30. The Morgan fingerprint density at radius 3 is 3.00 bits per heavy atom. The van der Waals surface area contributed by atoms with Gasteiger partial charge < -0.3 is 4.40 Å².